The van der Waals surface area contributed by atoms with Gasteiger partial charge in [-0.15, -0.1) is 0 Å². The summed E-state index contributed by atoms with van der Waals surface area (Å²) < 4.78 is 0. The molecule has 1 unspecified atom stereocenters. The van der Waals surface area contributed by atoms with Crippen LogP contribution in [0.15, 0.2) is 24.3 Å². The van der Waals surface area contributed by atoms with Crippen LogP contribution in [0.4, 0.5) is 5.69 Å². The Bertz CT molecular complexity index is 638. The van der Waals surface area contributed by atoms with E-state index in [0.717, 1.165) is 5.56 Å². The molecule has 1 heterocycles. The zero-order chi connectivity index (χ0) is 14.9. The van der Waals surface area contributed by atoms with Crippen LogP contribution in [-0.4, -0.2) is 28.1 Å². The first-order valence-corrected chi connectivity index (χ1v) is 6.63. The minimum absolute atomic E-state index is 0.174. The first-order valence-electron chi connectivity index (χ1n) is 6.25. The maximum absolute atomic E-state index is 12.4. The molecule has 0 aliphatic carbocycles. The molecule has 1 aromatic carbocycles. The summed E-state index contributed by atoms with van der Waals surface area (Å²) in [6, 6.07) is 7.28. The second-order valence-corrected chi connectivity index (χ2v) is 5.13. The molecule has 0 aliphatic heterocycles. The summed E-state index contributed by atoms with van der Waals surface area (Å²) in [5, 5.41) is 7.31. The van der Waals surface area contributed by atoms with E-state index in [0.29, 0.717) is 16.4 Å². The number of rotatable bonds is 3. The molecule has 0 spiro atoms. The van der Waals surface area contributed by atoms with Crippen molar-refractivity contribution >= 4 is 23.2 Å². The van der Waals surface area contributed by atoms with Crippen LogP contribution in [0.3, 0.4) is 0 Å². The summed E-state index contributed by atoms with van der Waals surface area (Å²) in [7, 11) is 1.71. The number of aromatic nitrogens is 2. The van der Waals surface area contributed by atoms with Crippen molar-refractivity contribution < 1.29 is 4.79 Å². The largest absolute Gasteiger partial charge is 0.395 e. The number of nitrogens with two attached hydrogens (primary N) is 1. The summed E-state index contributed by atoms with van der Waals surface area (Å²) in [5.74, 6) is -0.237. The fourth-order valence-corrected chi connectivity index (χ4v) is 2.26. The SMILES string of the molecule is Cc1[nH]nc(C(=O)N(C)C(C)c2ccccc2Cl)c1N. The molecule has 0 bridgehead atoms. The second kappa shape index (κ2) is 5.54. The quantitative estimate of drug-likeness (QED) is 0.913. The number of carbonyl (C=O) groups excluding carboxylic acids is 1. The molecular weight excluding hydrogens is 276 g/mol. The van der Waals surface area contributed by atoms with Gasteiger partial charge in [0.15, 0.2) is 5.69 Å². The van der Waals surface area contributed by atoms with Crippen molar-refractivity contribution in [2.75, 3.05) is 12.8 Å². The third-order valence-corrected chi connectivity index (χ3v) is 3.80. The molecule has 2 aromatic rings. The maximum Gasteiger partial charge on any atom is 0.276 e. The van der Waals surface area contributed by atoms with Gasteiger partial charge in [-0.3, -0.25) is 9.89 Å². The predicted molar refractivity (Wildman–Crippen MR) is 79.7 cm³/mol. The third kappa shape index (κ3) is 2.49. The van der Waals surface area contributed by atoms with Gasteiger partial charge in [0.25, 0.3) is 5.91 Å². The van der Waals surface area contributed by atoms with Gasteiger partial charge in [-0.2, -0.15) is 5.10 Å². The Morgan fingerprint density at radius 3 is 2.65 bits per heavy atom. The average molecular weight is 293 g/mol. The molecule has 5 nitrogen and oxygen atoms in total. The molecule has 20 heavy (non-hydrogen) atoms. The van der Waals surface area contributed by atoms with Crippen LogP contribution >= 0.6 is 11.6 Å². The van der Waals surface area contributed by atoms with Gasteiger partial charge in [-0.1, -0.05) is 29.8 Å². The number of nitrogens with one attached hydrogen (secondary N) is 1. The van der Waals surface area contributed by atoms with Crippen molar-refractivity contribution in [3.05, 3.63) is 46.2 Å². The summed E-state index contributed by atoms with van der Waals surface area (Å²) in [6.45, 7) is 3.69. The Morgan fingerprint density at radius 1 is 1.45 bits per heavy atom. The summed E-state index contributed by atoms with van der Waals surface area (Å²) >= 11 is 6.16. The highest BCUT2D eigenvalue weighted by molar-refractivity contribution is 6.31. The number of aryl methyl sites for hydroxylation is 1. The van der Waals surface area contributed by atoms with Crippen LogP contribution in [0.5, 0.6) is 0 Å². The highest BCUT2D eigenvalue weighted by atomic mass is 35.5. The van der Waals surface area contributed by atoms with Gasteiger partial charge in [0.2, 0.25) is 0 Å². The molecule has 0 saturated heterocycles. The molecule has 2 rings (SSSR count). The minimum Gasteiger partial charge on any atom is -0.395 e. The summed E-state index contributed by atoms with van der Waals surface area (Å²) in [5.41, 5.74) is 8.04. The van der Waals surface area contributed by atoms with E-state index in [9.17, 15) is 4.79 Å². The first kappa shape index (κ1) is 14.4. The number of carbonyl (C=O) groups is 1. The second-order valence-electron chi connectivity index (χ2n) is 4.72. The summed E-state index contributed by atoms with van der Waals surface area (Å²) in [4.78, 5) is 14.0. The molecule has 0 aliphatic rings. The molecule has 0 radical (unpaired) electrons. The molecule has 0 saturated carbocycles. The van der Waals surface area contributed by atoms with Crippen LogP contribution < -0.4 is 5.73 Å². The lowest BCUT2D eigenvalue weighted by atomic mass is 10.1. The third-order valence-electron chi connectivity index (χ3n) is 3.45. The number of halogens is 1. The van der Waals surface area contributed by atoms with Crippen LogP contribution in [0, 0.1) is 6.92 Å². The van der Waals surface area contributed by atoms with E-state index >= 15 is 0 Å². The smallest absolute Gasteiger partial charge is 0.276 e. The van der Waals surface area contributed by atoms with E-state index in [2.05, 4.69) is 10.2 Å². The van der Waals surface area contributed by atoms with Gasteiger partial charge in [0.1, 0.15) is 0 Å². The lowest BCUT2D eigenvalue weighted by Gasteiger charge is -2.25. The van der Waals surface area contributed by atoms with Crippen LogP contribution in [0.25, 0.3) is 0 Å². The molecule has 3 N–H and O–H groups in total. The maximum atomic E-state index is 12.4. The lowest BCUT2D eigenvalue weighted by molar-refractivity contribution is 0.0738. The number of anilines is 1. The first-order chi connectivity index (χ1) is 9.43. The molecular formula is C14H17ClN4O. The highest BCUT2D eigenvalue weighted by Crippen LogP contribution is 2.27. The van der Waals surface area contributed by atoms with Crippen LogP contribution in [0.2, 0.25) is 5.02 Å². The van der Waals surface area contributed by atoms with Crippen molar-refractivity contribution in [2.24, 2.45) is 0 Å². The number of amides is 1. The monoisotopic (exact) mass is 292 g/mol. The van der Waals surface area contributed by atoms with Gasteiger partial charge in [-0.25, -0.2) is 0 Å². The topological polar surface area (TPSA) is 75.0 Å². The van der Waals surface area contributed by atoms with E-state index in [4.69, 9.17) is 17.3 Å². The standard InChI is InChI=1S/C14H17ClN4O/c1-8-12(16)13(18-17-8)14(20)19(3)9(2)10-6-4-5-7-11(10)15/h4-7,9H,16H2,1-3H3,(H,17,18). The number of nitrogens with zero attached hydrogens (tertiary/aromatic N) is 2. The van der Waals surface area contributed by atoms with Crippen molar-refractivity contribution in [1.29, 1.82) is 0 Å². The normalized spacial score (nSPS) is 12.2. The summed E-state index contributed by atoms with van der Waals surface area (Å²) in [6.07, 6.45) is 0. The van der Waals surface area contributed by atoms with Gasteiger partial charge >= 0.3 is 0 Å². The van der Waals surface area contributed by atoms with E-state index in [1.807, 2.05) is 25.1 Å². The zero-order valence-corrected chi connectivity index (χ0v) is 12.4. The molecule has 1 atom stereocenters. The number of aromatic amines is 1. The Balaban J connectivity index is 2.27. The Labute approximate surface area is 122 Å². The van der Waals surface area contributed by atoms with Gasteiger partial charge in [-0.05, 0) is 25.5 Å². The number of hydrogen-bond acceptors (Lipinski definition) is 3. The zero-order valence-electron chi connectivity index (χ0n) is 11.6. The van der Waals surface area contributed by atoms with Crippen molar-refractivity contribution in [3.8, 4) is 0 Å². The van der Waals surface area contributed by atoms with E-state index < -0.39 is 0 Å². The van der Waals surface area contributed by atoms with E-state index in [1.165, 1.54) is 0 Å². The highest BCUT2D eigenvalue weighted by Gasteiger charge is 2.24. The number of benzene rings is 1. The average Bonchev–Trinajstić information content (AvgIpc) is 2.77. The van der Waals surface area contributed by atoms with Gasteiger partial charge in [0, 0.05) is 12.1 Å². The van der Waals surface area contributed by atoms with Gasteiger partial charge < -0.3 is 10.6 Å². The number of hydrogen-bond donors (Lipinski definition) is 2. The van der Waals surface area contributed by atoms with Crippen molar-refractivity contribution in [1.82, 2.24) is 15.1 Å². The van der Waals surface area contributed by atoms with Crippen molar-refractivity contribution in [3.63, 3.8) is 0 Å². The van der Waals surface area contributed by atoms with E-state index in [-0.39, 0.29) is 17.6 Å². The van der Waals surface area contributed by atoms with E-state index in [1.54, 1.807) is 24.9 Å². The van der Waals surface area contributed by atoms with Crippen LogP contribution in [-0.2, 0) is 0 Å². The minimum atomic E-state index is -0.237. The Kier molecular flexibility index (Phi) is 3.99. The van der Waals surface area contributed by atoms with Crippen molar-refractivity contribution in [2.45, 2.75) is 19.9 Å². The molecule has 106 valence electrons. The molecule has 6 heteroatoms. The molecule has 0 fully saturated rings. The molecule has 1 amide bonds. The fourth-order valence-electron chi connectivity index (χ4n) is 1.97. The fraction of sp³-hybridized carbons (Fsp3) is 0.286. The Hall–Kier alpha value is -2.01. The van der Waals surface area contributed by atoms with Crippen LogP contribution in [0.1, 0.15) is 34.7 Å². The molecule has 1 aromatic heterocycles. The number of H-pyrrole nitrogens is 1. The Morgan fingerprint density at radius 2 is 2.10 bits per heavy atom. The lowest BCUT2D eigenvalue weighted by Crippen LogP contribution is -2.30. The predicted octanol–water partition coefficient (Wildman–Crippen LogP) is 2.79. The van der Waals surface area contributed by atoms with Gasteiger partial charge in [0.05, 0.1) is 17.4 Å². The number of nitrogen functional groups attached to an aromatic ring is 1.